The van der Waals surface area contributed by atoms with Crippen LogP contribution in [0.4, 0.5) is 0 Å². The van der Waals surface area contributed by atoms with Crippen LogP contribution in [0.15, 0.2) is 54.6 Å². The SMILES string of the molecule is Cn1nnc(-c2ccc3c(c2)c2cc(Cl)ccc2c2[nH]c(-c4c(C#N)cccc4C#N)nc32)n1. The molecule has 4 aromatic carbocycles. The predicted molar refractivity (Wildman–Crippen MR) is 129 cm³/mol. The molecular formula is C25H13ClN8. The van der Waals surface area contributed by atoms with E-state index in [9.17, 15) is 10.5 Å². The first kappa shape index (κ1) is 19.9. The summed E-state index contributed by atoms with van der Waals surface area (Å²) >= 11 is 6.37. The fourth-order valence-electron chi connectivity index (χ4n) is 4.34. The molecule has 6 aromatic rings. The number of aryl methyl sites for hydroxylation is 1. The van der Waals surface area contributed by atoms with Crippen LogP contribution in [0.25, 0.3) is 55.4 Å². The molecule has 0 aliphatic carbocycles. The number of hydrogen-bond donors (Lipinski definition) is 1. The lowest BCUT2D eigenvalue weighted by molar-refractivity contribution is 0.630. The molecule has 0 saturated heterocycles. The van der Waals surface area contributed by atoms with E-state index in [1.165, 1.54) is 4.80 Å². The van der Waals surface area contributed by atoms with E-state index < -0.39 is 0 Å². The Bertz CT molecular complexity index is 1830. The molecule has 0 fully saturated rings. The molecule has 0 unspecified atom stereocenters. The second kappa shape index (κ2) is 7.38. The summed E-state index contributed by atoms with van der Waals surface area (Å²) in [6, 6.07) is 21.0. The zero-order chi connectivity index (χ0) is 23.4. The summed E-state index contributed by atoms with van der Waals surface area (Å²) in [6.07, 6.45) is 0. The summed E-state index contributed by atoms with van der Waals surface area (Å²) in [5, 5.41) is 36.0. The quantitative estimate of drug-likeness (QED) is 0.358. The number of aromatic nitrogens is 6. The fourth-order valence-corrected chi connectivity index (χ4v) is 4.52. The minimum absolute atomic E-state index is 0.380. The number of fused-ring (bicyclic) bond motifs is 6. The number of rotatable bonds is 2. The summed E-state index contributed by atoms with van der Waals surface area (Å²) in [7, 11) is 1.72. The van der Waals surface area contributed by atoms with Crippen LogP contribution in [0, 0.1) is 22.7 Å². The number of benzene rings is 4. The molecule has 0 atom stereocenters. The Labute approximate surface area is 197 Å². The number of nitrogens with one attached hydrogen (secondary N) is 1. The highest BCUT2D eigenvalue weighted by molar-refractivity contribution is 6.33. The lowest BCUT2D eigenvalue weighted by Gasteiger charge is -2.08. The predicted octanol–water partition coefficient (Wildman–Crippen LogP) is 5.12. The zero-order valence-corrected chi connectivity index (χ0v) is 18.5. The van der Waals surface area contributed by atoms with Crippen molar-refractivity contribution in [2.75, 3.05) is 0 Å². The van der Waals surface area contributed by atoms with Crippen LogP contribution in [0.1, 0.15) is 11.1 Å². The van der Waals surface area contributed by atoms with E-state index >= 15 is 0 Å². The minimum atomic E-state index is 0.380. The van der Waals surface area contributed by atoms with Crippen LogP contribution in [0.2, 0.25) is 5.02 Å². The first-order valence-electron chi connectivity index (χ1n) is 10.3. The molecule has 0 amide bonds. The van der Waals surface area contributed by atoms with Crippen molar-refractivity contribution in [1.29, 1.82) is 10.5 Å². The molecule has 0 saturated carbocycles. The molecule has 9 heteroatoms. The standard InChI is InChI=1S/C25H13ClN8/c1-34-32-24(31-33-34)13-5-7-17-19(9-13)20-10-16(26)6-8-18(20)23-22(17)29-25(30-23)21-14(11-27)3-2-4-15(21)12-28/h2-10H,1H3,(H,29,30). The van der Waals surface area contributed by atoms with Gasteiger partial charge in [-0.1, -0.05) is 35.9 Å². The first-order valence-corrected chi connectivity index (χ1v) is 10.7. The van der Waals surface area contributed by atoms with Crippen LogP contribution < -0.4 is 0 Å². The Morgan fingerprint density at radius 2 is 1.65 bits per heavy atom. The topological polar surface area (TPSA) is 120 Å². The maximum absolute atomic E-state index is 9.65. The van der Waals surface area contributed by atoms with Crippen molar-refractivity contribution in [2.24, 2.45) is 7.05 Å². The smallest absolute Gasteiger partial charge is 0.204 e. The fraction of sp³-hybridized carbons (Fsp3) is 0.0400. The van der Waals surface area contributed by atoms with Crippen LogP contribution in [0.5, 0.6) is 0 Å². The average Bonchev–Trinajstić information content (AvgIpc) is 3.50. The number of H-pyrrole nitrogens is 1. The van der Waals surface area contributed by atoms with Crippen LogP contribution in [0.3, 0.4) is 0 Å². The van der Waals surface area contributed by atoms with E-state index in [1.54, 1.807) is 25.2 Å². The Hall–Kier alpha value is -4.79. The molecule has 0 aliphatic heterocycles. The van der Waals surface area contributed by atoms with E-state index in [2.05, 4.69) is 32.5 Å². The van der Waals surface area contributed by atoms with E-state index in [-0.39, 0.29) is 0 Å². The van der Waals surface area contributed by atoms with Crippen molar-refractivity contribution in [3.8, 4) is 34.9 Å². The average molecular weight is 461 g/mol. The highest BCUT2D eigenvalue weighted by Gasteiger charge is 2.19. The van der Waals surface area contributed by atoms with Gasteiger partial charge < -0.3 is 4.98 Å². The van der Waals surface area contributed by atoms with Crippen molar-refractivity contribution >= 4 is 44.2 Å². The minimum Gasteiger partial charge on any atom is -0.337 e. The van der Waals surface area contributed by atoms with Gasteiger partial charge in [0.25, 0.3) is 0 Å². The molecule has 0 spiro atoms. The van der Waals surface area contributed by atoms with Crippen LogP contribution in [-0.2, 0) is 7.05 Å². The van der Waals surface area contributed by atoms with Crippen LogP contribution >= 0.6 is 11.6 Å². The van der Waals surface area contributed by atoms with Gasteiger partial charge in [-0.3, -0.25) is 0 Å². The number of aromatic amines is 1. The molecule has 2 heterocycles. The molecule has 0 bridgehead atoms. The molecule has 0 radical (unpaired) electrons. The van der Waals surface area contributed by atoms with Crippen molar-refractivity contribution in [3.05, 3.63) is 70.7 Å². The van der Waals surface area contributed by atoms with Gasteiger partial charge in [-0.2, -0.15) is 15.3 Å². The molecule has 8 nitrogen and oxygen atoms in total. The molecule has 2 aromatic heterocycles. The van der Waals surface area contributed by atoms with E-state index in [4.69, 9.17) is 16.6 Å². The van der Waals surface area contributed by atoms with Gasteiger partial charge in [0.15, 0.2) is 0 Å². The third kappa shape index (κ3) is 2.91. The summed E-state index contributed by atoms with van der Waals surface area (Å²) in [6.45, 7) is 0. The highest BCUT2D eigenvalue weighted by atomic mass is 35.5. The second-order valence-corrected chi connectivity index (χ2v) is 8.25. The van der Waals surface area contributed by atoms with Crippen molar-refractivity contribution < 1.29 is 0 Å². The van der Waals surface area contributed by atoms with E-state index in [0.717, 1.165) is 38.1 Å². The second-order valence-electron chi connectivity index (χ2n) is 7.81. The molecule has 34 heavy (non-hydrogen) atoms. The van der Waals surface area contributed by atoms with Crippen molar-refractivity contribution in [3.63, 3.8) is 0 Å². The Morgan fingerprint density at radius 1 is 0.912 bits per heavy atom. The van der Waals surface area contributed by atoms with Gasteiger partial charge in [0.05, 0.1) is 46.9 Å². The lowest BCUT2D eigenvalue weighted by Crippen LogP contribution is -1.92. The number of hydrogen-bond acceptors (Lipinski definition) is 6. The van der Waals surface area contributed by atoms with Gasteiger partial charge in [0.2, 0.25) is 5.82 Å². The Balaban J connectivity index is 1.73. The van der Waals surface area contributed by atoms with Crippen LogP contribution in [-0.4, -0.2) is 30.2 Å². The molecular weight excluding hydrogens is 448 g/mol. The van der Waals surface area contributed by atoms with Gasteiger partial charge in [0.1, 0.15) is 5.82 Å². The van der Waals surface area contributed by atoms with Gasteiger partial charge in [-0.15, -0.1) is 10.2 Å². The third-order valence-corrected chi connectivity index (χ3v) is 6.06. The molecule has 0 aliphatic rings. The highest BCUT2D eigenvalue weighted by Crippen LogP contribution is 2.38. The van der Waals surface area contributed by atoms with Gasteiger partial charge in [0, 0.05) is 21.4 Å². The maximum Gasteiger partial charge on any atom is 0.204 e. The molecule has 1 N–H and O–H groups in total. The largest absolute Gasteiger partial charge is 0.337 e. The van der Waals surface area contributed by atoms with Gasteiger partial charge >= 0.3 is 0 Å². The number of imidazole rings is 1. The summed E-state index contributed by atoms with van der Waals surface area (Å²) in [4.78, 5) is 9.65. The monoisotopic (exact) mass is 460 g/mol. The zero-order valence-electron chi connectivity index (χ0n) is 17.7. The van der Waals surface area contributed by atoms with Crippen molar-refractivity contribution in [2.45, 2.75) is 0 Å². The number of tetrazole rings is 1. The molecule has 160 valence electrons. The number of nitriles is 2. The van der Waals surface area contributed by atoms with E-state index in [0.29, 0.717) is 33.4 Å². The lowest BCUT2D eigenvalue weighted by atomic mass is 9.98. The summed E-state index contributed by atoms with van der Waals surface area (Å²) in [5.74, 6) is 0.983. The first-order chi connectivity index (χ1) is 16.6. The van der Waals surface area contributed by atoms with E-state index in [1.807, 2.05) is 36.4 Å². The number of halogens is 1. The maximum atomic E-state index is 9.65. The Kier molecular flexibility index (Phi) is 4.31. The number of nitrogens with zero attached hydrogens (tertiary/aromatic N) is 7. The van der Waals surface area contributed by atoms with Gasteiger partial charge in [-0.05, 0) is 46.3 Å². The summed E-state index contributed by atoms with van der Waals surface area (Å²) < 4.78 is 0. The third-order valence-electron chi connectivity index (χ3n) is 5.83. The van der Waals surface area contributed by atoms with Crippen molar-refractivity contribution in [1.82, 2.24) is 30.2 Å². The molecule has 6 rings (SSSR count). The Morgan fingerprint density at radius 3 is 2.35 bits per heavy atom. The summed E-state index contributed by atoms with van der Waals surface area (Å²) in [5.41, 5.74) is 3.60. The van der Waals surface area contributed by atoms with Gasteiger partial charge in [-0.25, -0.2) is 4.98 Å². The normalized spacial score (nSPS) is 11.2.